The molecule has 0 fully saturated rings. The van der Waals surface area contributed by atoms with Gasteiger partial charge in [-0.15, -0.1) is 0 Å². The molecule has 2 N–H and O–H groups in total. The van der Waals surface area contributed by atoms with Gasteiger partial charge in [0, 0.05) is 0 Å². The Kier molecular flexibility index (Phi) is 3.57. The average Bonchev–Trinajstić information content (AvgIpc) is 2.11. The highest BCUT2D eigenvalue weighted by molar-refractivity contribution is 6.31. The smallest absolute Gasteiger partial charge is 0.320 e. The highest BCUT2D eigenvalue weighted by atomic mass is 35.5. The van der Waals surface area contributed by atoms with Crippen molar-refractivity contribution in [1.82, 2.24) is 0 Å². The molecule has 1 atom stereocenters. The highest BCUT2D eigenvalue weighted by Crippen LogP contribution is 2.25. The molecule has 0 bridgehead atoms. The fourth-order valence-electron chi connectivity index (χ4n) is 1.06. The van der Waals surface area contributed by atoms with E-state index in [1.54, 1.807) is 0 Å². The van der Waals surface area contributed by atoms with E-state index >= 15 is 0 Å². The zero-order valence-electron chi connectivity index (χ0n) is 7.48. The lowest BCUT2D eigenvalue weighted by Crippen LogP contribution is -2.39. The van der Waals surface area contributed by atoms with Gasteiger partial charge in [-0.25, -0.2) is 4.39 Å². The van der Waals surface area contributed by atoms with Crippen LogP contribution in [0.3, 0.4) is 0 Å². The summed E-state index contributed by atoms with van der Waals surface area (Å²) in [5.74, 6) is -0.747. The van der Waals surface area contributed by atoms with E-state index in [9.17, 15) is 17.6 Å². The second-order valence-corrected chi connectivity index (χ2v) is 3.44. The van der Waals surface area contributed by atoms with Crippen LogP contribution in [0.5, 0.6) is 0 Å². The largest absolute Gasteiger partial charge is 0.403 e. The summed E-state index contributed by atoms with van der Waals surface area (Å²) in [6.45, 7) is 0. The van der Waals surface area contributed by atoms with E-state index in [0.29, 0.717) is 0 Å². The lowest BCUT2D eigenvalue weighted by atomic mass is 10.1. The Balaban J connectivity index is 2.86. The first-order valence-corrected chi connectivity index (χ1v) is 4.45. The molecule has 0 aliphatic heterocycles. The van der Waals surface area contributed by atoms with Crippen LogP contribution in [-0.2, 0) is 6.42 Å². The second-order valence-electron chi connectivity index (χ2n) is 3.07. The molecule has 84 valence electrons. The normalized spacial score (nSPS) is 14.0. The molecule has 1 aromatic carbocycles. The molecule has 0 spiro atoms. The quantitative estimate of drug-likeness (QED) is 0.792. The van der Waals surface area contributed by atoms with Crippen molar-refractivity contribution in [3.8, 4) is 0 Å². The number of hydrogen-bond donors (Lipinski definition) is 1. The molecule has 1 nitrogen and oxygen atoms in total. The third-order valence-electron chi connectivity index (χ3n) is 1.89. The first-order chi connectivity index (χ1) is 6.82. The zero-order valence-corrected chi connectivity index (χ0v) is 8.24. The molecular weight excluding hydrogens is 234 g/mol. The predicted octanol–water partition coefficient (Wildman–Crippen LogP) is 2.91. The number of halogens is 5. The Hall–Kier alpha value is -0.810. The Bertz CT molecular complexity index is 350. The third kappa shape index (κ3) is 3.07. The molecule has 15 heavy (non-hydrogen) atoms. The van der Waals surface area contributed by atoms with Gasteiger partial charge in [-0.2, -0.15) is 13.2 Å². The molecule has 0 saturated carbocycles. The number of alkyl halides is 3. The maximum absolute atomic E-state index is 12.9. The van der Waals surface area contributed by atoms with Crippen molar-refractivity contribution in [3.63, 3.8) is 0 Å². The van der Waals surface area contributed by atoms with Crippen molar-refractivity contribution in [2.45, 2.75) is 18.6 Å². The van der Waals surface area contributed by atoms with E-state index in [2.05, 4.69) is 0 Å². The average molecular weight is 242 g/mol. The van der Waals surface area contributed by atoms with Gasteiger partial charge >= 0.3 is 6.18 Å². The van der Waals surface area contributed by atoms with Gasteiger partial charge in [-0.3, -0.25) is 0 Å². The molecule has 0 heterocycles. The van der Waals surface area contributed by atoms with E-state index in [-0.39, 0.29) is 10.6 Å². The minimum Gasteiger partial charge on any atom is -0.320 e. The van der Waals surface area contributed by atoms with Gasteiger partial charge in [0.05, 0.1) is 5.02 Å². The van der Waals surface area contributed by atoms with Crippen LogP contribution in [0.2, 0.25) is 5.02 Å². The maximum Gasteiger partial charge on any atom is 0.403 e. The van der Waals surface area contributed by atoms with Gasteiger partial charge in [0.2, 0.25) is 0 Å². The second kappa shape index (κ2) is 4.37. The molecule has 0 aromatic heterocycles. The van der Waals surface area contributed by atoms with Crippen molar-refractivity contribution in [3.05, 3.63) is 34.6 Å². The summed E-state index contributed by atoms with van der Waals surface area (Å²) < 4.78 is 49.2. The summed E-state index contributed by atoms with van der Waals surface area (Å²) in [5.41, 5.74) is 4.95. The van der Waals surface area contributed by atoms with Gasteiger partial charge in [0.1, 0.15) is 11.9 Å². The number of benzene rings is 1. The van der Waals surface area contributed by atoms with Crippen LogP contribution >= 0.6 is 11.6 Å². The minimum atomic E-state index is -4.50. The van der Waals surface area contributed by atoms with Crippen LogP contribution in [0.15, 0.2) is 18.2 Å². The van der Waals surface area contributed by atoms with Crippen LogP contribution < -0.4 is 5.73 Å². The molecule has 0 amide bonds. The Morgan fingerprint density at radius 1 is 1.33 bits per heavy atom. The molecule has 1 aromatic rings. The number of rotatable bonds is 2. The maximum atomic E-state index is 12.9. The van der Waals surface area contributed by atoms with Crippen molar-refractivity contribution in [2.75, 3.05) is 0 Å². The first-order valence-electron chi connectivity index (χ1n) is 4.07. The Morgan fingerprint density at radius 2 is 1.93 bits per heavy atom. The summed E-state index contributed by atoms with van der Waals surface area (Å²) in [6.07, 6.45) is -5.03. The van der Waals surface area contributed by atoms with E-state index in [1.165, 1.54) is 12.1 Å². The van der Waals surface area contributed by atoms with Crippen LogP contribution in [-0.4, -0.2) is 12.2 Å². The standard InChI is InChI=1S/C9H8ClF4N/c10-8-5(2-1-3-6(8)11)4-7(15)9(12,13)14/h1-3,7H,4,15H2. The molecule has 0 saturated heterocycles. The highest BCUT2D eigenvalue weighted by Gasteiger charge is 2.36. The van der Waals surface area contributed by atoms with Gasteiger partial charge in [0.15, 0.2) is 0 Å². The van der Waals surface area contributed by atoms with Crippen molar-refractivity contribution < 1.29 is 17.6 Å². The van der Waals surface area contributed by atoms with Gasteiger partial charge in [-0.1, -0.05) is 23.7 Å². The molecule has 0 radical (unpaired) electrons. The summed E-state index contributed by atoms with van der Waals surface area (Å²) in [7, 11) is 0. The molecular formula is C9H8ClF4N. The summed E-state index contributed by atoms with van der Waals surface area (Å²) >= 11 is 5.49. The first kappa shape index (κ1) is 12.3. The van der Waals surface area contributed by atoms with Crippen LogP contribution in [0.1, 0.15) is 5.56 Å². The van der Waals surface area contributed by atoms with Crippen molar-refractivity contribution in [1.29, 1.82) is 0 Å². The van der Waals surface area contributed by atoms with Crippen LogP contribution in [0, 0.1) is 5.82 Å². The van der Waals surface area contributed by atoms with Gasteiger partial charge in [0.25, 0.3) is 0 Å². The van der Waals surface area contributed by atoms with E-state index in [1.807, 2.05) is 0 Å². The lowest BCUT2D eigenvalue weighted by Gasteiger charge is -2.16. The Labute approximate surface area is 88.8 Å². The monoisotopic (exact) mass is 241 g/mol. The SMILES string of the molecule is NC(Cc1cccc(F)c1Cl)C(F)(F)F. The molecule has 1 unspecified atom stereocenters. The van der Waals surface area contributed by atoms with E-state index in [0.717, 1.165) is 6.07 Å². The third-order valence-corrected chi connectivity index (χ3v) is 2.32. The van der Waals surface area contributed by atoms with Crippen LogP contribution in [0.25, 0.3) is 0 Å². The number of nitrogens with two attached hydrogens (primary N) is 1. The van der Waals surface area contributed by atoms with E-state index < -0.39 is 24.5 Å². The zero-order chi connectivity index (χ0) is 11.6. The molecule has 1 rings (SSSR count). The van der Waals surface area contributed by atoms with Gasteiger partial charge < -0.3 is 5.73 Å². The fraction of sp³-hybridized carbons (Fsp3) is 0.333. The summed E-state index contributed by atoms with van der Waals surface area (Å²) in [4.78, 5) is 0. The van der Waals surface area contributed by atoms with Gasteiger partial charge in [-0.05, 0) is 18.1 Å². The lowest BCUT2D eigenvalue weighted by molar-refractivity contribution is -0.147. The minimum absolute atomic E-state index is 0.0569. The summed E-state index contributed by atoms with van der Waals surface area (Å²) in [6, 6.07) is 1.65. The summed E-state index contributed by atoms with van der Waals surface area (Å²) in [5, 5.41) is -0.308. The number of hydrogen-bond acceptors (Lipinski definition) is 1. The fourth-order valence-corrected chi connectivity index (χ4v) is 1.26. The molecule has 0 aliphatic carbocycles. The van der Waals surface area contributed by atoms with E-state index in [4.69, 9.17) is 17.3 Å². The predicted molar refractivity (Wildman–Crippen MR) is 49.1 cm³/mol. The Morgan fingerprint density at radius 3 is 2.47 bits per heavy atom. The van der Waals surface area contributed by atoms with Crippen molar-refractivity contribution >= 4 is 11.6 Å². The topological polar surface area (TPSA) is 26.0 Å². The molecule has 6 heteroatoms. The van der Waals surface area contributed by atoms with Crippen molar-refractivity contribution in [2.24, 2.45) is 5.73 Å². The van der Waals surface area contributed by atoms with Crippen LogP contribution in [0.4, 0.5) is 17.6 Å². The molecule has 0 aliphatic rings.